The first-order chi connectivity index (χ1) is 19.3. The molecular weight excluding hydrogens is 553 g/mol. The minimum Gasteiger partial charge on any atom is -0.497 e. The van der Waals surface area contributed by atoms with Crippen molar-refractivity contribution in [3.8, 4) is 5.75 Å². The molecule has 9 nitrogen and oxygen atoms in total. The number of benzene rings is 1. The summed E-state index contributed by atoms with van der Waals surface area (Å²) in [6, 6.07) is 14.3. The SMILES string of the molecule is COc1ccnc(NC(=O)c2ccc(CN3C(=O)c4ncc(Cl)cc4CC(=O)[C@@H]3Cc3ccccn3)cc2Cl)c1. The molecule has 1 aromatic carbocycles. The van der Waals surface area contributed by atoms with Crippen molar-refractivity contribution in [3.63, 3.8) is 0 Å². The van der Waals surface area contributed by atoms with E-state index in [1.165, 1.54) is 24.4 Å². The molecule has 2 amide bonds. The van der Waals surface area contributed by atoms with Crippen molar-refractivity contribution < 1.29 is 19.1 Å². The van der Waals surface area contributed by atoms with E-state index in [-0.39, 0.29) is 41.4 Å². The number of hydrogen-bond donors (Lipinski definition) is 1. The van der Waals surface area contributed by atoms with E-state index in [4.69, 9.17) is 27.9 Å². The van der Waals surface area contributed by atoms with Crippen molar-refractivity contribution in [1.82, 2.24) is 19.9 Å². The van der Waals surface area contributed by atoms with E-state index in [0.717, 1.165) is 0 Å². The third-order valence-corrected chi connectivity index (χ3v) is 7.00. The Kier molecular flexibility index (Phi) is 8.04. The van der Waals surface area contributed by atoms with Crippen LogP contribution in [0.2, 0.25) is 10.0 Å². The maximum atomic E-state index is 13.7. The minimum atomic E-state index is -0.795. The number of carbonyl (C=O) groups excluding carboxylic acids is 3. The Hall–Kier alpha value is -4.34. The Morgan fingerprint density at radius 2 is 1.90 bits per heavy atom. The number of aromatic nitrogens is 3. The van der Waals surface area contributed by atoms with E-state index in [9.17, 15) is 14.4 Å². The highest BCUT2D eigenvalue weighted by atomic mass is 35.5. The first kappa shape index (κ1) is 27.2. The van der Waals surface area contributed by atoms with Crippen molar-refractivity contribution in [3.05, 3.63) is 111 Å². The third kappa shape index (κ3) is 5.95. The fraction of sp³-hybridized carbons (Fsp3) is 0.172. The number of ether oxygens (including phenoxy) is 1. The number of Topliss-reactive ketones (excluding diaryl/α,β-unsaturated/α-hetero) is 1. The van der Waals surface area contributed by atoms with Crippen LogP contribution in [0.3, 0.4) is 0 Å². The lowest BCUT2D eigenvalue weighted by Gasteiger charge is -2.29. The molecule has 1 aliphatic heterocycles. The fourth-order valence-corrected chi connectivity index (χ4v) is 4.99. The molecule has 0 aliphatic carbocycles. The summed E-state index contributed by atoms with van der Waals surface area (Å²) in [6.45, 7) is 0.0604. The molecule has 40 heavy (non-hydrogen) atoms. The van der Waals surface area contributed by atoms with Crippen LogP contribution in [0.5, 0.6) is 5.75 Å². The largest absolute Gasteiger partial charge is 0.497 e. The van der Waals surface area contributed by atoms with E-state index in [1.807, 2.05) is 12.1 Å². The van der Waals surface area contributed by atoms with E-state index >= 15 is 0 Å². The Labute approximate surface area is 240 Å². The number of anilines is 1. The van der Waals surface area contributed by atoms with Crippen LogP contribution in [-0.4, -0.2) is 50.6 Å². The van der Waals surface area contributed by atoms with Crippen molar-refractivity contribution in [2.45, 2.75) is 25.4 Å². The van der Waals surface area contributed by atoms with Gasteiger partial charge >= 0.3 is 0 Å². The van der Waals surface area contributed by atoms with Crippen LogP contribution in [-0.2, 0) is 24.2 Å². The zero-order valence-electron chi connectivity index (χ0n) is 21.3. The molecule has 11 heteroatoms. The average molecular weight is 576 g/mol. The zero-order chi connectivity index (χ0) is 28.2. The van der Waals surface area contributed by atoms with Crippen LogP contribution < -0.4 is 10.1 Å². The third-order valence-electron chi connectivity index (χ3n) is 6.48. The van der Waals surface area contributed by atoms with Gasteiger partial charge in [-0.15, -0.1) is 0 Å². The molecule has 3 aromatic heterocycles. The summed E-state index contributed by atoms with van der Waals surface area (Å²) in [5, 5.41) is 3.22. The Bertz CT molecular complexity index is 1600. The molecular formula is C29H23Cl2N5O4. The van der Waals surface area contributed by atoms with Crippen molar-refractivity contribution in [2.75, 3.05) is 12.4 Å². The van der Waals surface area contributed by atoms with Crippen molar-refractivity contribution in [2.24, 2.45) is 0 Å². The Morgan fingerprint density at radius 1 is 1.05 bits per heavy atom. The summed E-state index contributed by atoms with van der Waals surface area (Å²) in [7, 11) is 1.52. The van der Waals surface area contributed by atoms with E-state index in [2.05, 4.69) is 20.3 Å². The lowest BCUT2D eigenvalue weighted by atomic mass is 10.00. The number of rotatable bonds is 7. The van der Waals surface area contributed by atoms with E-state index in [1.54, 1.807) is 48.7 Å². The molecule has 0 saturated heterocycles. The predicted octanol–water partition coefficient (Wildman–Crippen LogP) is 4.82. The van der Waals surface area contributed by atoms with E-state index in [0.29, 0.717) is 33.4 Å². The number of nitrogens with zero attached hydrogens (tertiary/aromatic N) is 4. The van der Waals surface area contributed by atoms with Gasteiger partial charge in [-0.25, -0.2) is 9.97 Å². The number of fused-ring (bicyclic) bond motifs is 1. The standard InChI is InChI=1S/C29H23Cl2N5O4/c1-40-21-7-9-33-26(14-21)35-28(38)22-6-5-17(10-23(22)31)16-36-24(13-20-4-2-3-8-32-20)25(37)12-18-11-19(30)15-34-27(18)29(36)39/h2-11,14-15,24H,12-13,16H2,1H3,(H,33,35,38)/t24-/m0/s1. The second-order valence-electron chi connectivity index (χ2n) is 9.13. The van der Waals surface area contributed by atoms with Gasteiger partial charge in [0.05, 0.1) is 28.8 Å². The highest BCUT2D eigenvalue weighted by Crippen LogP contribution is 2.27. The summed E-state index contributed by atoms with van der Waals surface area (Å²) in [4.78, 5) is 54.3. The summed E-state index contributed by atoms with van der Waals surface area (Å²) in [5.41, 5.74) is 2.18. The van der Waals surface area contributed by atoms with Gasteiger partial charge in [-0.2, -0.15) is 0 Å². The molecule has 4 heterocycles. The van der Waals surface area contributed by atoms with Gasteiger partial charge in [-0.3, -0.25) is 19.4 Å². The van der Waals surface area contributed by atoms with E-state index < -0.39 is 17.9 Å². The Balaban J connectivity index is 1.43. The van der Waals surface area contributed by atoms with Gasteiger partial charge in [-0.1, -0.05) is 35.3 Å². The molecule has 1 N–H and O–H groups in total. The second-order valence-corrected chi connectivity index (χ2v) is 9.97. The first-order valence-electron chi connectivity index (χ1n) is 12.3. The lowest BCUT2D eigenvalue weighted by molar-refractivity contribution is -0.122. The van der Waals surface area contributed by atoms with Crippen LogP contribution in [0.25, 0.3) is 0 Å². The average Bonchev–Trinajstić information content (AvgIpc) is 3.03. The van der Waals surface area contributed by atoms with Gasteiger partial charge < -0.3 is 15.0 Å². The number of methoxy groups -OCH3 is 1. The molecule has 0 saturated carbocycles. The molecule has 0 fully saturated rings. The van der Waals surface area contributed by atoms with Crippen LogP contribution in [0, 0.1) is 0 Å². The smallest absolute Gasteiger partial charge is 0.273 e. The number of pyridine rings is 3. The number of hydrogen-bond acceptors (Lipinski definition) is 7. The van der Waals surface area contributed by atoms with Gasteiger partial charge in [0.2, 0.25) is 0 Å². The second kappa shape index (κ2) is 11.8. The molecule has 1 aliphatic rings. The number of nitrogens with one attached hydrogen (secondary N) is 1. The monoisotopic (exact) mass is 575 g/mol. The predicted molar refractivity (Wildman–Crippen MR) is 150 cm³/mol. The van der Waals surface area contributed by atoms with Crippen LogP contribution in [0.4, 0.5) is 5.82 Å². The molecule has 4 aromatic rings. The van der Waals surface area contributed by atoms with Gasteiger partial charge in [0, 0.05) is 49.7 Å². The normalized spacial score (nSPS) is 14.9. The highest BCUT2D eigenvalue weighted by molar-refractivity contribution is 6.34. The van der Waals surface area contributed by atoms with Gasteiger partial charge in [-0.05, 0) is 47.5 Å². The lowest BCUT2D eigenvalue weighted by Crippen LogP contribution is -2.45. The summed E-state index contributed by atoms with van der Waals surface area (Å²) < 4.78 is 5.16. The summed E-state index contributed by atoms with van der Waals surface area (Å²) in [5.74, 6) is -0.166. The van der Waals surface area contributed by atoms with Crippen LogP contribution in [0.1, 0.15) is 37.7 Å². The van der Waals surface area contributed by atoms with Gasteiger partial charge in [0.15, 0.2) is 5.78 Å². The van der Waals surface area contributed by atoms with Crippen LogP contribution in [0.15, 0.2) is 73.2 Å². The number of carbonyl (C=O) groups is 3. The minimum absolute atomic E-state index is 0.0147. The summed E-state index contributed by atoms with van der Waals surface area (Å²) >= 11 is 12.6. The van der Waals surface area contributed by atoms with Gasteiger partial charge in [0.1, 0.15) is 17.3 Å². The zero-order valence-corrected chi connectivity index (χ0v) is 22.8. The fourth-order valence-electron chi connectivity index (χ4n) is 4.52. The molecule has 0 spiro atoms. The van der Waals surface area contributed by atoms with Crippen molar-refractivity contribution in [1.29, 1.82) is 0 Å². The summed E-state index contributed by atoms with van der Waals surface area (Å²) in [6.07, 6.45) is 4.79. The van der Waals surface area contributed by atoms with Crippen LogP contribution >= 0.6 is 23.2 Å². The highest BCUT2D eigenvalue weighted by Gasteiger charge is 2.36. The molecule has 1 atom stereocenters. The molecule has 0 unspecified atom stereocenters. The molecule has 0 bridgehead atoms. The number of ketones is 1. The maximum Gasteiger partial charge on any atom is 0.273 e. The van der Waals surface area contributed by atoms with Gasteiger partial charge in [0.25, 0.3) is 11.8 Å². The number of amides is 2. The molecule has 0 radical (unpaired) electrons. The molecule has 202 valence electrons. The molecule has 5 rings (SSSR count). The first-order valence-corrected chi connectivity index (χ1v) is 13.1. The van der Waals surface area contributed by atoms with Crippen molar-refractivity contribution >= 4 is 46.6 Å². The number of halogens is 2. The Morgan fingerprint density at radius 3 is 2.65 bits per heavy atom. The quantitative estimate of drug-likeness (QED) is 0.336. The topological polar surface area (TPSA) is 114 Å². The maximum absolute atomic E-state index is 13.7.